The van der Waals surface area contributed by atoms with Crippen LogP contribution in [0.2, 0.25) is 0 Å². The predicted octanol–water partition coefficient (Wildman–Crippen LogP) is 2.66. The number of amides is 1. The second-order valence-corrected chi connectivity index (χ2v) is 7.07. The first kappa shape index (κ1) is 17.5. The second kappa shape index (κ2) is 7.75. The molecule has 1 atom stereocenters. The highest BCUT2D eigenvalue weighted by Crippen LogP contribution is 2.22. The minimum absolute atomic E-state index is 0.00584. The summed E-state index contributed by atoms with van der Waals surface area (Å²) in [7, 11) is 2.00. The van der Waals surface area contributed by atoms with Crippen molar-refractivity contribution in [1.82, 2.24) is 24.6 Å². The Labute approximate surface area is 158 Å². The third kappa shape index (κ3) is 4.09. The van der Waals surface area contributed by atoms with Gasteiger partial charge in [-0.3, -0.25) is 14.8 Å². The molecule has 0 unspecified atom stereocenters. The number of piperidine rings is 1. The van der Waals surface area contributed by atoms with Gasteiger partial charge >= 0.3 is 0 Å². The normalized spacial score (nSPS) is 17.7. The Morgan fingerprint density at radius 3 is 2.81 bits per heavy atom. The molecule has 1 aromatic carbocycles. The maximum absolute atomic E-state index is 12.7. The van der Waals surface area contributed by atoms with Crippen LogP contribution in [-0.4, -0.2) is 43.6 Å². The smallest absolute Gasteiger partial charge is 0.228 e. The van der Waals surface area contributed by atoms with Crippen molar-refractivity contribution in [2.45, 2.75) is 19.4 Å². The molecule has 4 rings (SSSR count). The molecule has 7 nitrogen and oxygen atoms in total. The monoisotopic (exact) mass is 364 g/mol. The van der Waals surface area contributed by atoms with Gasteiger partial charge in [0.1, 0.15) is 5.82 Å². The molecule has 0 bridgehead atoms. The van der Waals surface area contributed by atoms with Crippen LogP contribution in [0.3, 0.4) is 0 Å². The van der Waals surface area contributed by atoms with E-state index >= 15 is 0 Å². The Bertz CT molecular complexity index is 884. The van der Waals surface area contributed by atoms with Gasteiger partial charge in [-0.2, -0.15) is 5.10 Å². The number of aryl methyl sites for hydroxylation is 1. The third-order valence-electron chi connectivity index (χ3n) is 5.13. The zero-order valence-electron chi connectivity index (χ0n) is 15.4. The van der Waals surface area contributed by atoms with Gasteiger partial charge in [0.25, 0.3) is 0 Å². The number of H-pyrrole nitrogens is 1. The van der Waals surface area contributed by atoms with Gasteiger partial charge in [0.05, 0.1) is 18.2 Å². The van der Waals surface area contributed by atoms with Crippen LogP contribution in [0.4, 0.5) is 5.69 Å². The maximum Gasteiger partial charge on any atom is 0.228 e. The SMILES string of the molecule is Cn1ccnc1CN1CCC[C@H](C(=O)Nc2ccc(-c3ccn[nH]3)cc2)C1. The molecule has 0 spiro atoms. The van der Waals surface area contributed by atoms with Crippen LogP contribution in [0, 0.1) is 5.92 Å². The van der Waals surface area contributed by atoms with Crippen LogP contribution < -0.4 is 5.32 Å². The van der Waals surface area contributed by atoms with Gasteiger partial charge in [0, 0.05) is 37.9 Å². The Hall–Kier alpha value is -2.93. The van der Waals surface area contributed by atoms with E-state index in [1.54, 1.807) is 6.20 Å². The lowest BCUT2D eigenvalue weighted by Gasteiger charge is -2.31. The van der Waals surface area contributed by atoms with Crippen LogP contribution >= 0.6 is 0 Å². The number of imidazole rings is 1. The lowest BCUT2D eigenvalue weighted by molar-refractivity contribution is -0.121. The van der Waals surface area contributed by atoms with E-state index in [0.717, 1.165) is 55.2 Å². The third-order valence-corrected chi connectivity index (χ3v) is 5.13. The number of nitrogens with zero attached hydrogens (tertiary/aromatic N) is 4. The zero-order valence-corrected chi connectivity index (χ0v) is 15.4. The molecule has 2 N–H and O–H groups in total. The molecule has 1 aliphatic heterocycles. The van der Waals surface area contributed by atoms with Gasteiger partial charge < -0.3 is 9.88 Å². The first-order valence-electron chi connectivity index (χ1n) is 9.28. The molecular formula is C20H24N6O. The van der Waals surface area contributed by atoms with Crippen molar-refractivity contribution in [1.29, 1.82) is 0 Å². The largest absolute Gasteiger partial charge is 0.337 e. The molecule has 0 aliphatic carbocycles. The van der Waals surface area contributed by atoms with Gasteiger partial charge in [0.15, 0.2) is 0 Å². The molecule has 1 amide bonds. The molecule has 3 heterocycles. The molecule has 0 saturated carbocycles. The summed E-state index contributed by atoms with van der Waals surface area (Å²) in [6.45, 7) is 2.56. The fourth-order valence-corrected chi connectivity index (χ4v) is 3.56. The number of carbonyl (C=O) groups is 1. The Morgan fingerprint density at radius 1 is 1.26 bits per heavy atom. The fourth-order valence-electron chi connectivity index (χ4n) is 3.56. The van der Waals surface area contributed by atoms with E-state index < -0.39 is 0 Å². The van der Waals surface area contributed by atoms with Crippen molar-refractivity contribution in [3.05, 3.63) is 54.7 Å². The highest BCUT2D eigenvalue weighted by atomic mass is 16.1. The average Bonchev–Trinajstić information content (AvgIpc) is 3.35. The number of carbonyl (C=O) groups excluding carboxylic acids is 1. The summed E-state index contributed by atoms with van der Waals surface area (Å²) >= 11 is 0. The quantitative estimate of drug-likeness (QED) is 0.729. The number of anilines is 1. The molecule has 1 saturated heterocycles. The number of aromatic amines is 1. The summed E-state index contributed by atoms with van der Waals surface area (Å²) in [5.41, 5.74) is 2.83. The molecule has 0 radical (unpaired) electrons. The number of hydrogen-bond donors (Lipinski definition) is 2. The molecule has 140 valence electrons. The number of likely N-dealkylation sites (tertiary alicyclic amines) is 1. The van der Waals surface area contributed by atoms with Crippen molar-refractivity contribution in [3.63, 3.8) is 0 Å². The highest BCUT2D eigenvalue weighted by Gasteiger charge is 2.26. The lowest BCUT2D eigenvalue weighted by Crippen LogP contribution is -2.40. The van der Waals surface area contributed by atoms with E-state index in [1.165, 1.54) is 0 Å². The van der Waals surface area contributed by atoms with Crippen LogP contribution in [-0.2, 0) is 18.4 Å². The number of nitrogens with one attached hydrogen (secondary N) is 2. The average molecular weight is 364 g/mol. The molecule has 27 heavy (non-hydrogen) atoms. The topological polar surface area (TPSA) is 78.8 Å². The van der Waals surface area contributed by atoms with Gasteiger partial charge in [-0.15, -0.1) is 0 Å². The lowest BCUT2D eigenvalue weighted by atomic mass is 9.97. The Kier molecular flexibility index (Phi) is 5.02. The van der Waals surface area contributed by atoms with Crippen LogP contribution in [0.5, 0.6) is 0 Å². The molecular weight excluding hydrogens is 340 g/mol. The highest BCUT2D eigenvalue weighted by molar-refractivity contribution is 5.93. The van der Waals surface area contributed by atoms with Crippen molar-refractivity contribution in [2.24, 2.45) is 13.0 Å². The summed E-state index contributed by atoms with van der Waals surface area (Å²) in [6, 6.07) is 9.76. The number of rotatable bonds is 5. The minimum Gasteiger partial charge on any atom is -0.337 e. The van der Waals surface area contributed by atoms with E-state index in [9.17, 15) is 4.79 Å². The summed E-state index contributed by atoms with van der Waals surface area (Å²) < 4.78 is 2.03. The summed E-state index contributed by atoms with van der Waals surface area (Å²) in [5, 5.41) is 9.97. The molecule has 1 fully saturated rings. The van der Waals surface area contributed by atoms with Crippen LogP contribution in [0.1, 0.15) is 18.7 Å². The summed E-state index contributed by atoms with van der Waals surface area (Å²) in [5.74, 6) is 1.13. The summed E-state index contributed by atoms with van der Waals surface area (Å²) in [6.07, 6.45) is 7.45. The van der Waals surface area contributed by atoms with E-state index in [0.29, 0.717) is 0 Å². The van der Waals surface area contributed by atoms with Gasteiger partial charge in [-0.1, -0.05) is 12.1 Å². The Balaban J connectivity index is 1.35. The first-order chi connectivity index (χ1) is 13.2. The van der Waals surface area contributed by atoms with Crippen molar-refractivity contribution < 1.29 is 4.79 Å². The van der Waals surface area contributed by atoms with E-state index in [2.05, 4.69) is 25.4 Å². The fraction of sp³-hybridized carbons (Fsp3) is 0.350. The molecule has 1 aliphatic rings. The van der Waals surface area contributed by atoms with Crippen molar-refractivity contribution >= 4 is 11.6 Å². The van der Waals surface area contributed by atoms with E-state index in [1.807, 2.05) is 54.3 Å². The summed E-state index contributed by atoms with van der Waals surface area (Å²) in [4.78, 5) is 19.4. The van der Waals surface area contributed by atoms with Gasteiger partial charge in [-0.25, -0.2) is 4.98 Å². The molecule has 7 heteroatoms. The van der Waals surface area contributed by atoms with Crippen molar-refractivity contribution in [2.75, 3.05) is 18.4 Å². The number of benzene rings is 1. The molecule has 2 aromatic heterocycles. The first-order valence-corrected chi connectivity index (χ1v) is 9.28. The minimum atomic E-state index is 0.00584. The number of hydrogen-bond acceptors (Lipinski definition) is 4. The van der Waals surface area contributed by atoms with Gasteiger partial charge in [0.2, 0.25) is 5.91 Å². The van der Waals surface area contributed by atoms with E-state index in [4.69, 9.17) is 0 Å². The number of aromatic nitrogens is 4. The second-order valence-electron chi connectivity index (χ2n) is 7.07. The molecule has 3 aromatic rings. The van der Waals surface area contributed by atoms with E-state index in [-0.39, 0.29) is 11.8 Å². The zero-order chi connectivity index (χ0) is 18.6. The van der Waals surface area contributed by atoms with Crippen LogP contribution in [0.15, 0.2) is 48.9 Å². The van der Waals surface area contributed by atoms with Gasteiger partial charge in [-0.05, 0) is 43.1 Å². The van der Waals surface area contributed by atoms with Crippen LogP contribution in [0.25, 0.3) is 11.3 Å². The standard InChI is InChI=1S/C20H24N6O/c1-25-12-10-21-19(25)14-26-11-2-3-16(13-26)20(27)23-17-6-4-15(5-7-17)18-8-9-22-24-18/h4-10,12,16H,2-3,11,13-14H2,1H3,(H,22,24)(H,23,27)/t16-/m0/s1. The predicted molar refractivity (Wildman–Crippen MR) is 104 cm³/mol. The maximum atomic E-state index is 12.7. The van der Waals surface area contributed by atoms with Crippen molar-refractivity contribution in [3.8, 4) is 11.3 Å². The Morgan fingerprint density at radius 2 is 2.11 bits per heavy atom.